The normalized spacial score (nSPS) is 25.5. The van der Waals surface area contributed by atoms with Crippen LogP contribution in [-0.2, 0) is 40.0 Å². The first-order chi connectivity index (χ1) is 12.7. The molecule has 2 aromatic carbocycles. The minimum absolute atomic E-state index is 0.0737. The first-order valence-electron chi connectivity index (χ1n) is 9.38. The fraction of sp³-hybridized carbons (Fsp3) is 0.348. The van der Waals surface area contributed by atoms with Gasteiger partial charge in [-0.3, -0.25) is 0 Å². The van der Waals surface area contributed by atoms with Gasteiger partial charge in [-0.1, -0.05) is 36.4 Å². The zero-order chi connectivity index (χ0) is 17.7. The van der Waals surface area contributed by atoms with E-state index in [9.17, 15) is 4.79 Å². The van der Waals surface area contributed by atoms with Gasteiger partial charge in [0.25, 0.3) is 0 Å². The quantitative estimate of drug-likeness (QED) is 0.612. The molecule has 0 spiro atoms. The summed E-state index contributed by atoms with van der Waals surface area (Å²) >= 11 is 0. The highest BCUT2D eigenvalue weighted by atomic mass is 16.5. The van der Waals surface area contributed by atoms with Crippen LogP contribution < -0.4 is 0 Å². The van der Waals surface area contributed by atoms with E-state index in [1.807, 2.05) is 6.08 Å². The number of methoxy groups -OCH3 is 1. The van der Waals surface area contributed by atoms with E-state index in [1.165, 1.54) is 46.6 Å². The first kappa shape index (κ1) is 15.8. The third-order valence-corrected chi connectivity index (χ3v) is 6.06. The van der Waals surface area contributed by atoms with E-state index >= 15 is 0 Å². The number of ether oxygens (including phenoxy) is 2. The summed E-state index contributed by atoms with van der Waals surface area (Å²) in [4.78, 5) is 11.5. The van der Waals surface area contributed by atoms with Crippen molar-refractivity contribution < 1.29 is 14.3 Å². The van der Waals surface area contributed by atoms with Crippen molar-refractivity contribution in [2.24, 2.45) is 0 Å². The van der Waals surface area contributed by atoms with Crippen molar-refractivity contribution in [3.63, 3.8) is 0 Å². The standard InChI is InChI=1S/C23H22O3/c1-25-21(24)11-10-20-22-18-12-14-2-3-15-5-7-17(9-8-16(18)6-4-14)19(13-15)23(22)26-20/h4-7,10-13,20,22-23H,2-3,8-9H2,1H3/b11-10+/t20?,22-,23-/m0/s1. The molecule has 1 unspecified atom stereocenters. The Labute approximate surface area is 153 Å². The van der Waals surface area contributed by atoms with Gasteiger partial charge in [-0.2, -0.15) is 0 Å². The number of aryl methyl sites for hydroxylation is 4. The van der Waals surface area contributed by atoms with Crippen LogP contribution in [0.1, 0.15) is 45.4 Å². The zero-order valence-electron chi connectivity index (χ0n) is 14.9. The van der Waals surface area contributed by atoms with E-state index < -0.39 is 0 Å². The van der Waals surface area contributed by atoms with Gasteiger partial charge in [0.15, 0.2) is 0 Å². The molecular formula is C23H22O3. The van der Waals surface area contributed by atoms with Crippen molar-refractivity contribution in [1.82, 2.24) is 0 Å². The van der Waals surface area contributed by atoms with Crippen molar-refractivity contribution in [2.75, 3.05) is 7.11 Å². The van der Waals surface area contributed by atoms with Crippen LogP contribution in [0.5, 0.6) is 0 Å². The number of hydrogen-bond donors (Lipinski definition) is 0. The molecule has 3 heteroatoms. The summed E-state index contributed by atoms with van der Waals surface area (Å²) in [6.07, 6.45) is 7.58. The van der Waals surface area contributed by atoms with Gasteiger partial charge >= 0.3 is 5.97 Å². The van der Waals surface area contributed by atoms with Gasteiger partial charge in [-0.05, 0) is 65.1 Å². The second-order valence-corrected chi connectivity index (χ2v) is 7.50. The summed E-state index contributed by atoms with van der Waals surface area (Å²) in [6.45, 7) is 0. The van der Waals surface area contributed by atoms with Crippen molar-refractivity contribution in [3.05, 3.63) is 81.9 Å². The maximum atomic E-state index is 11.5. The Bertz CT molecular complexity index is 912. The van der Waals surface area contributed by atoms with Gasteiger partial charge in [0, 0.05) is 12.0 Å². The van der Waals surface area contributed by atoms with E-state index in [2.05, 4.69) is 36.4 Å². The minimum Gasteiger partial charge on any atom is -0.466 e. The fourth-order valence-electron chi connectivity index (χ4n) is 4.62. The molecular weight excluding hydrogens is 324 g/mol. The molecule has 132 valence electrons. The van der Waals surface area contributed by atoms with E-state index in [-0.39, 0.29) is 24.1 Å². The average Bonchev–Trinajstić information content (AvgIpc) is 2.62. The second-order valence-electron chi connectivity index (χ2n) is 7.50. The maximum absolute atomic E-state index is 11.5. The first-order valence-corrected chi connectivity index (χ1v) is 9.38. The number of fused-ring (bicyclic) bond motifs is 2. The Morgan fingerprint density at radius 2 is 1.65 bits per heavy atom. The molecule has 3 atom stereocenters. The number of carbonyl (C=O) groups excluding carboxylic acids is 1. The summed E-state index contributed by atoms with van der Waals surface area (Å²) in [7, 11) is 1.40. The fourth-order valence-corrected chi connectivity index (χ4v) is 4.62. The number of hydrogen-bond acceptors (Lipinski definition) is 3. The largest absolute Gasteiger partial charge is 0.466 e. The number of benzene rings is 2. The molecule has 1 saturated heterocycles. The Kier molecular flexibility index (Phi) is 3.71. The molecule has 0 N–H and O–H groups in total. The van der Waals surface area contributed by atoms with Crippen LogP contribution in [0.2, 0.25) is 0 Å². The number of esters is 1. The summed E-state index contributed by atoms with van der Waals surface area (Å²) in [5.41, 5.74) is 8.32. The Morgan fingerprint density at radius 1 is 1.00 bits per heavy atom. The molecule has 2 aliphatic carbocycles. The molecule has 1 aliphatic heterocycles. The number of rotatable bonds is 2. The lowest BCUT2D eigenvalue weighted by molar-refractivity contribution is -0.136. The van der Waals surface area contributed by atoms with Crippen molar-refractivity contribution in [3.8, 4) is 0 Å². The van der Waals surface area contributed by atoms with Crippen LogP contribution >= 0.6 is 0 Å². The molecule has 3 aliphatic rings. The van der Waals surface area contributed by atoms with Crippen LogP contribution in [0.3, 0.4) is 0 Å². The third kappa shape index (κ3) is 2.50. The van der Waals surface area contributed by atoms with Crippen molar-refractivity contribution in [1.29, 1.82) is 0 Å². The monoisotopic (exact) mass is 346 g/mol. The lowest BCUT2D eigenvalue weighted by atomic mass is 9.72. The highest BCUT2D eigenvalue weighted by Crippen LogP contribution is 2.52. The van der Waals surface area contributed by atoms with Gasteiger partial charge in [0.05, 0.1) is 19.3 Å². The van der Waals surface area contributed by atoms with Gasteiger partial charge in [-0.15, -0.1) is 0 Å². The van der Waals surface area contributed by atoms with E-state index in [1.54, 1.807) is 0 Å². The number of carbonyl (C=O) groups is 1. The zero-order valence-corrected chi connectivity index (χ0v) is 14.9. The molecule has 2 aromatic rings. The second kappa shape index (κ2) is 6.10. The Morgan fingerprint density at radius 3 is 2.35 bits per heavy atom. The summed E-state index contributed by atoms with van der Waals surface area (Å²) in [6, 6.07) is 13.9. The van der Waals surface area contributed by atoms with Crippen LogP contribution in [0.4, 0.5) is 0 Å². The van der Waals surface area contributed by atoms with Crippen LogP contribution in [0, 0.1) is 0 Å². The van der Waals surface area contributed by atoms with Crippen molar-refractivity contribution >= 4 is 5.97 Å². The molecule has 4 bridgehead atoms. The van der Waals surface area contributed by atoms with E-state index in [0.717, 1.165) is 25.7 Å². The SMILES string of the molecule is COC(=O)/C=C/C1O[C@H]2c3cc4ccc3CCc3ccc(cc3[C@@H]12)CC4. The van der Waals surface area contributed by atoms with Crippen LogP contribution in [-0.4, -0.2) is 19.2 Å². The molecule has 0 radical (unpaired) electrons. The molecule has 1 fully saturated rings. The molecule has 3 nitrogen and oxygen atoms in total. The lowest BCUT2D eigenvalue weighted by Gasteiger charge is -2.47. The molecule has 1 heterocycles. The molecule has 0 saturated carbocycles. The van der Waals surface area contributed by atoms with Gasteiger partial charge in [0.2, 0.25) is 0 Å². The lowest BCUT2D eigenvalue weighted by Crippen LogP contribution is -2.41. The Balaban J connectivity index is 1.64. The summed E-state index contributed by atoms with van der Waals surface area (Å²) < 4.78 is 11.0. The highest BCUT2D eigenvalue weighted by Gasteiger charge is 2.45. The maximum Gasteiger partial charge on any atom is 0.330 e. The van der Waals surface area contributed by atoms with Crippen LogP contribution in [0.15, 0.2) is 48.6 Å². The minimum atomic E-state index is -0.333. The predicted molar refractivity (Wildman–Crippen MR) is 99.2 cm³/mol. The average molecular weight is 346 g/mol. The van der Waals surface area contributed by atoms with Gasteiger partial charge in [-0.25, -0.2) is 4.79 Å². The van der Waals surface area contributed by atoms with E-state index in [0.29, 0.717) is 0 Å². The predicted octanol–water partition coefficient (Wildman–Crippen LogP) is 3.84. The molecule has 5 rings (SSSR count). The van der Waals surface area contributed by atoms with Crippen LogP contribution in [0.25, 0.3) is 0 Å². The molecule has 26 heavy (non-hydrogen) atoms. The topological polar surface area (TPSA) is 35.5 Å². The summed E-state index contributed by atoms with van der Waals surface area (Å²) in [5.74, 6) is -0.0704. The smallest absolute Gasteiger partial charge is 0.330 e. The highest BCUT2D eigenvalue weighted by molar-refractivity contribution is 5.81. The Hall–Kier alpha value is -2.39. The third-order valence-electron chi connectivity index (χ3n) is 6.06. The molecule has 0 amide bonds. The molecule has 0 aromatic heterocycles. The van der Waals surface area contributed by atoms with Gasteiger partial charge < -0.3 is 9.47 Å². The van der Waals surface area contributed by atoms with Crippen molar-refractivity contribution in [2.45, 2.75) is 43.8 Å². The summed E-state index contributed by atoms with van der Waals surface area (Å²) in [5, 5.41) is 0. The van der Waals surface area contributed by atoms with E-state index in [4.69, 9.17) is 9.47 Å². The van der Waals surface area contributed by atoms with Gasteiger partial charge in [0.1, 0.15) is 0 Å².